The SMILES string of the molecule is Cc1ccc(C2=NC(=O)C(=Cc3ccc(O)cc3O)S2)cc1. The number of nitrogens with zero attached hydrogens (tertiary/aromatic N) is 1. The van der Waals surface area contributed by atoms with Crippen molar-refractivity contribution in [1.82, 2.24) is 0 Å². The molecule has 1 aliphatic rings. The number of carbonyl (C=O) groups is 1. The van der Waals surface area contributed by atoms with Gasteiger partial charge in [0.25, 0.3) is 5.91 Å². The zero-order chi connectivity index (χ0) is 15.7. The first-order valence-corrected chi connectivity index (χ1v) is 7.46. The number of rotatable bonds is 2. The molecule has 22 heavy (non-hydrogen) atoms. The normalized spacial score (nSPS) is 16.1. The van der Waals surface area contributed by atoms with Gasteiger partial charge in [0.1, 0.15) is 16.5 Å². The van der Waals surface area contributed by atoms with Crippen molar-refractivity contribution in [3.63, 3.8) is 0 Å². The lowest BCUT2D eigenvalue weighted by molar-refractivity contribution is -0.113. The van der Waals surface area contributed by atoms with Crippen LogP contribution in [0, 0.1) is 6.92 Å². The van der Waals surface area contributed by atoms with E-state index < -0.39 is 0 Å². The Labute approximate surface area is 131 Å². The van der Waals surface area contributed by atoms with E-state index in [1.165, 1.54) is 23.9 Å². The van der Waals surface area contributed by atoms with Crippen LogP contribution in [-0.4, -0.2) is 21.2 Å². The number of phenolic OH excluding ortho intramolecular Hbond substituents is 2. The highest BCUT2D eigenvalue weighted by molar-refractivity contribution is 8.19. The summed E-state index contributed by atoms with van der Waals surface area (Å²) in [6.45, 7) is 2.00. The van der Waals surface area contributed by atoms with E-state index in [4.69, 9.17) is 0 Å². The predicted octanol–water partition coefficient (Wildman–Crippen LogP) is 3.47. The first-order chi connectivity index (χ1) is 10.5. The van der Waals surface area contributed by atoms with Gasteiger partial charge in [-0.2, -0.15) is 0 Å². The standard InChI is InChI=1S/C17H13NO3S/c1-10-2-4-11(5-3-10)17-18-16(21)15(22-17)8-12-6-7-13(19)9-14(12)20/h2-9,19-20H,1H3. The van der Waals surface area contributed by atoms with Gasteiger partial charge < -0.3 is 10.2 Å². The van der Waals surface area contributed by atoms with Crippen LogP contribution in [0.5, 0.6) is 11.5 Å². The highest BCUT2D eigenvalue weighted by Crippen LogP contribution is 2.34. The van der Waals surface area contributed by atoms with Crippen molar-refractivity contribution in [3.8, 4) is 11.5 Å². The Morgan fingerprint density at radius 1 is 1.09 bits per heavy atom. The van der Waals surface area contributed by atoms with Crippen molar-refractivity contribution in [2.45, 2.75) is 6.92 Å². The molecule has 110 valence electrons. The maximum Gasteiger partial charge on any atom is 0.284 e. The van der Waals surface area contributed by atoms with Crippen LogP contribution in [0.4, 0.5) is 0 Å². The van der Waals surface area contributed by atoms with Crippen LogP contribution >= 0.6 is 11.8 Å². The molecule has 5 heteroatoms. The Morgan fingerprint density at radius 3 is 2.50 bits per heavy atom. The van der Waals surface area contributed by atoms with E-state index in [9.17, 15) is 15.0 Å². The average Bonchev–Trinajstić information content (AvgIpc) is 2.84. The monoisotopic (exact) mass is 311 g/mol. The topological polar surface area (TPSA) is 69.9 Å². The second-order valence-electron chi connectivity index (χ2n) is 4.94. The molecule has 0 aromatic heterocycles. The van der Waals surface area contributed by atoms with Gasteiger partial charge in [-0.15, -0.1) is 0 Å². The second-order valence-corrected chi connectivity index (χ2v) is 5.97. The van der Waals surface area contributed by atoms with Gasteiger partial charge in [-0.25, -0.2) is 4.99 Å². The van der Waals surface area contributed by atoms with Crippen molar-refractivity contribution in [3.05, 3.63) is 64.1 Å². The lowest BCUT2D eigenvalue weighted by Crippen LogP contribution is -1.90. The molecule has 0 spiro atoms. The fourth-order valence-corrected chi connectivity index (χ4v) is 2.93. The van der Waals surface area contributed by atoms with Crippen LogP contribution in [0.15, 0.2) is 52.4 Å². The molecule has 1 heterocycles. The molecule has 0 saturated heterocycles. The molecule has 2 aromatic carbocycles. The molecule has 1 aliphatic heterocycles. The smallest absolute Gasteiger partial charge is 0.284 e. The van der Waals surface area contributed by atoms with Crippen LogP contribution in [0.2, 0.25) is 0 Å². The molecule has 0 atom stereocenters. The van der Waals surface area contributed by atoms with Gasteiger partial charge in [0, 0.05) is 17.2 Å². The molecule has 3 rings (SSSR count). The highest BCUT2D eigenvalue weighted by Gasteiger charge is 2.23. The summed E-state index contributed by atoms with van der Waals surface area (Å²) in [5.41, 5.74) is 2.50. The van der Waals surface area contributed by atoms with Gasteiger partial charge in [-0.1, -0.05) is 41.6 Å². The number of hydrogen-bond donors (Lipinski definition) is 2. The van der Waals surface area contributed by atoms with Crippen molar-refractivity contribution in [2.75, 3.05) is 0 Å². The quantitative estimate of drug-likeness (QED) is 0.833. The number of hydrogen-bond acceptors (Lipinski definition) is 4. The van der Waals surface area contributed by atoms with Crippen molar-refractivity contribution in [2.24, 2.45) is 4.99 Å². The molecule has 2 aromatic rings. The van der Waals surface area contributed by atoms with E-state index in [1.54, 1.807) is 12.1 Å². The average molecular weight is 311 g/mol. The molecule has 4 nitrogen and oxygen atoms in total. The number of benzene rings is 2. The molecule has 0 aliphatic carbocycles. The summed E-state index contributed by atoms with van der Waals surface area (Å²) in [5.74, 6) is -0.431. The van der Waals surface area contributed by atoms with E-state index >= 15 is 0 Å². The van der Waals surface area contributed by atoms with E-state index in [0.29, 0.717) is 15.5 Å². The Kier molecular flexibility index (Phi) is 3.73. The Morgan fingerprint density at radius 2 is 1.82 bits per heavy atom. The van der Waals surface area contributed by atoms with Gasteiger partial charge in [0.15, 0.2) is 0 Å². The van der Waals surface area contributed by atoms with Gasteiger partial charge in [0.05, 0.1) is 4.91 Å². The molecular formula is C17H13NO3S. The third-order valence-electron chi connectivity index (χ3n) is 3.22. The van der Waals surface area contributed by atoms with Gasteiger partial charge >= 0.3 is 0 Å². The second kappa shape index (κ2) is 5.69. The maximum atomic E-state index is 12.0. The van der Waals surface area contributed by atoms with Gasteiger partial charge in [-0.05, 0) is 25.1 Å². The minimum Gasteiger partial charge on any atom is -0.508 e. The zero-order valence-electron chi connectivity index (χ0n) is 11.8. The summed E-state index contributed by atoms with van der Waals surface area (Å²) in [7, 11) is 0. The van der Waals surface area contributed by atoms with Crippen LogP contribution in [0.3, 0.4) is 0 Å². The van der Waals surface area contributed by atoms with Gasteiger partial charge in [-0.3, -0.25) is 4.79 Å². The van der Waals surface area contributed by atoms with Crippen molar-refractivity contribution < 1.29 is 15.0 Å². The number of aryl methyl sites for hydroxylation is 1. The minimum absolute atomic E-state index is 0.0263. The van der Waals surface area contributed by atoms with Gasteiger partial charge in [0.2, 0.25) is 0 Å². The first-order valence-electron chi connectivity index (χ1n) is 6.64. The van der Waals surface area contributed by atoms with Crippen molar-refractivity contribution in [1.29, 1.82) is 0 Å². The molecule has 0 bridgehead atoms. The fraction of sp³-hybridized carbons (Fsp3) is 0.0588. The number of aliphatic imine (C=N–C) groups is 1. The van der Waals surface area contributed by atoms with E-state index in [2.05, 4.69) is 4.99 Å². The summed E-state index contributed by atoms with van der Waals surface area (Å²) < 4.78 is 0. The molecule has 0 fully saturated rings. The number of amides is 1. The van der Waals surface area contributed by atoms with Crippen LogP contribution in [0.25, 0.3) is 6.08 Å². The summed E-state index contributed by atoms with van der Waals surface area (Å²) in [6.07, 6.45) is 1.58. The fourth-order valence-electron chi connectivity index (χ4n) is 2.02. The number of phenols is 2. The molecule has 0 radical (unpaired) electrons. The molecule has 0 unspecified atom stereocenters. The van der Waals surface area contributed by atoms with Crippen LogP contribution < -0.4 is 0 Å². The highest BCUT2D eigenvalue weighted by atomic mass is 32.2. The summed E-state index contributed by atoms with van der Waals surface area (Å²) >= 11 is 1.27. The molecule has 0 saturated carbocycles. The van der Waals surface area contributed by atoms with E-state index in [1.807, 2.05) is 31.2 Å². The summed E-state index contributed by atoms with van der Waals surface area (Å²) in [6, 6.07) is 12.0. The Balaban J connectivity index is 1.88. The lowest BCUT2D eigenvalue weighted by Gasteiger charge is -2.02. The van der Waals surface area contributed by atoms with E-state index in [0.717, 1.165) is 11.1 Å². The van der Waals surface area contributed by atoms with Crippen molar-refractivity contribution >= 4 is 28.8 Å². The summed E-state index contributed by atoms with van der Waals surface area (Å²) in [4.78, 5) is 16.5. The predicted molar refractivity (Wildman–Crippen MR) is 88.1 cm³/mol. The minimum atomic E-state index is -0.326. The van der Waals surface area contributed by atoms with E-state index in [-0.39, 0.29) is 17.4 Å². The maximum absolute atomic E-state index is 12.0. The number of aromatic hydroxyl groups is 2. The lowest BCUT2D eigenvalue weighted by atomic mass is 10.1. The zero-order valence-corrected chi connectivity index (χ0v) is 12.6. The third-order valence-corrected chi connectivity index (χ3v) is 4.25. The Hall–Kier alpha value is -2.53. The number of thioether (sulfide) groups is 1. The Bertz CT molecular complexity index is 807. The molecular weight excluding hydrogens is 298 g/mol. The third kappa shape index (κ3) is 2.89. The van der Waals surface area contributed by atoms with Crippen LogP contribution in [-0.2, 0) is 4.79 Å². The molecule has 2 N–H and O–H groups in total. The largest absolute Gasteiger partial charge is 0.508 e. The van der Waals surface area contributed by atoms with Crippen LogP contribution in [0.1, 0.15) is 16.7 Å². The number of carbonyl (C=O) groups excluding carboxylic acids is 1. The molecule has 1 amide bonds. The summed E-state index contributed by atoms with van der Waals surface area (Å²) in [5, 5.41) is 19.7. The first kappa shape index (κ1) is 14.4.